The van der Waals surface area contributed by atoms with Crippen molar-refractivity contribution in [2.24, 2.45) is 0 Å². The molecule has 0 unspecified atom stereocenters. The van der Waals surface area contributed by atoms with E-state index in [0.717, 1.165) is 12.8 Å². The quantitative estimate of drug-likeness (QED) is 0.357. The Balaban J connectivity index is 1.37. The second kappa shape index (κ2) is 9.57. The lowest BCUT2D eigenvalue weighted by Gasteiger charge is -2.36. The van der Waals surface area contributed by atoms with Gasteiger partial charge in [0.05, 0.1) is 17.4 Å². The van der Waals surface area contributed by atoms with Gasteiger partial charge in [0.2, 0.25) is 10.0 Å². The fraction of sp³-hybridized carbons (Fsp3) is 0.375. The molecule has 1 aliphatic heterocycles. The summed E-state index contributed by atoms with van der Waals surface area (Å²) in [5.41, 5.74) is 1.25. The Morgan fingerprint density at radius 3 is 2.49 bits per heavy atom. The Hall–Kier alpha value is -3.56. The first-order valence-electron chi connectivity index (χ1n) is 12.2. The number of halogens is 2. The highest BCUT2D eigenvalue weighted by atomic mass is 32.2. The van der Waals surface area contributed by atoms with Crippen LogP contribution in [-0.2, 0) is 10.0 Å². The van der Waals surface area contributed by atoms with Gasteiger partial charge in [-0.3, -0.25) is 14.2 Å². The molecule has 4 aromatic rings. The number of carbonyl (C=O) groups is 1. The van der Waals surface area contributed by atoms with Gasteiger partial charge in [0.25, 0.3) is 12.3 Å². The number of hydrogen-bond donors (Lipinski definition) is 1. The predicted molar refractivity (Wildman–Crippen MR) is 139 cm³/mol. The summed E-state index contributed by atoms with van der Waals surface area (Å²) in [7, 11) is -3.90. The summed E-state index contributed by atoms with van der Waals surface area (Å²) in [6.07, 6.45) is 4.85. The first kappa shape index (κ1) is 25.7. The normalized spacial score (nSPS) is 17.2. The first-order valence-corrected chi connectivity index (χ1v) is 14.5. The molecular weight excluding hydrogens is 550 g/mol. The minimum atomic E-state index is -3.90. The van der Waals surface area contributed by atoms with Crippen LogP contribution < -0.4 is 9.62 Å². The topological polar surface area (TPSA) is 126 Å². The molecular formula is C24H24F2N8O3S2. The molecule has 0 bridgehead atoms. The number of carbonyl (C=O) groups excluding carboxylic acids is 1. The lowest BCUT2D eigenvalue weighted by atomic mass is 10.2. The highest BCUT2D eigenvalue weighted by Gasteiger charge is 2.41. The Bertz CT molecular complexity index is 1650. The maximum Gasteiger partial charge on any atom is 0.291 e. The highest BCUT2D eigenvalue weighted by molar-refractivity contribution is 7.89. The van der Waals surface area contributed by atoms with E-state index in [1.165, 1.54) is 6.20 Å². The minimum absolute atomic E-state index is 0.0197. The van der Waals surface area contributed by atoms with Gasteiger partial charge in [0.15, 0.2) is 15.8 Å². The van der Waals surface area contributed by atoms with Crippen LogP contribution in [0.1, 0.15) is 41.6 Å². The van der Waals surface area contributed by atoms with Gasteiger partial charge in [-0.15, -0.1) is 10.2 Å². The molecule has 2 fully saturated rings. The molecule has 15 heteroatoms. The number of nitrogens with one attached hydrogen (secondary N) is 1. The van der Waals surface area contributed by atoms with E-state index in [9.17, 15) is 22.0 Å². The Morgan fingerprint density at radius 2 is 1.85 bits per heavy atom. The molecule has 0 spiro atoms. The minimum Gasteiger partial charge on any atom is -0.366 e. The molecule has 204 valence electrons. The lowest BCUT2D eigenvalue weighted by Crippen LogP contribution is -2.49. The number of imidazole rings is 1. The summed E-state index contributed by atoms with van der Waals surface area (Å²) < 4.78 is 57.4. The van der Waals surface area contributed by atoms with Crippen LogP contribution in [0.25, 0.3) is 16.3 Å². The summed E-state index contributed by atoms with van der Waals surface area (Å²) in [5, 5.41) is 7.13. The molecule has 2 aliphatic rings. The number of fused-ring (bicyclic) bond motifs is 1. The van der Waals surface area contributed by atoms with E-state index in [2.05, 4.69) is 24.9 Å². The van der Waals surface area contributed by atoms with Crippen molar-refractivity contribution in [2.75, 3.05) is 31.1 Å². The van der Waals surface area contributed by atoms with Crippen LogP contribution in [0.15, 0.2) is 47.9 Å². The van der Waals surface area contributed by atoms with Crippen LogP contribution in [0.5, 0.6) is 0 Å². The molecule has 0 atom stereocenters. The van der Waals surface area contributed by atoms with Crippen LogP contribution in [0.3, 0.4) is 0 Å². The average Bonchev–Trinajstić information content (AvgIpc) is 3.30. The van der Waals surface area contributed by atoms with Gasteiger partial charge >= 0.3 is 0 Å². The molecule has 6 rings (SSSR count). The van der Waals surface area contributed by atoms with Crippen molar-refractivity contribution in [3.63, 3.8) is 0 Å². The van der Waals surface area contributed by atoms with E-state index in [0.29, 0.717) is 54.3 Å². The first-order chi connectivity index (χ1) is 18.6. The fourth-order valence-corrected chi connectivity index (χ4v) is 6.70. The second-order valence-corrected chi connectivity index (χ2v) is 12.5. The maximum atomic E-state index is 13.4. The van der Waals surface area contributed by atoms with E-state index in [4.69, 9.17) is 0 Å². The monoisotopic (exact) mass is 574 g/mol. The molecule has 0 radical (unpaired) electrons. The largest absolute Gasteiger partial charge is 0.366 e. The molecule has 1 saturated carbocycles. The van der Waals surface area contributed by atoms with Gasteiger partial charge in [-0.1, -0.05) is 11.3 Å². The van der Waals surface area contributed by atoms with E-state index < -0.39 is 27.0 Å². The van der Waals surface area contributed by atoms with Gasteiger partial charge in [-0.25, -0.2) is 26.9 Å². The SMILES string of the molecule is CC1(NS(=O)(=O)c2cc(N3CCN(C(=O)c4ccncc4)CC3)c3cnc(-c4nnc(C(F)F)s4)n3c2)CC1. The molecule has 0 aromatic carbocycles. The summed E-state index contributed by atoms with van der Waals surface area (Å²) >= 11 is 0.707. The van der Waals surface area contributed by atoms with Crippen LogP contribution in [0, 0.1) is 0 Å². The fourth-order valence-electron chi connectivity index (χ4n) is 4.53. The number of sulfonamides is 1. The number of anilines is 1. The summed E-state index contributed by atoms with van der Waals surface area (Å²) in [5.74, 6) is 0.120. The molecule has 1 saturated heterocycles. The average molecular weight is 575 g/mol. The van der Waals surface area contributed by atoms with Crippen molar-refractivity contribution in [3.8, 4) is 10.8 Å². The number of alkyl halides is 2. The second-order valence-electron chi connectivity index (χ2n) is 9.83. The van der Waals surface area contributed by atoms with Crippen LogP contribution in [0.2, 0.25) is 0 Å². The molecule has 11 nitrogen and oxygen atoms in total. The molecule has 39 heavy (non-hydrogen) atoms. The molecule has 1 aliphatic carbocycles. The predicted octanol–water partition coefficient (Wildman–Crippen LogP) is 2.98. The molecule has 4 aromatic heterocycles. The molecule has 5 heterocycles. The van der Waals surface area contributed by atoms with E-state index >= 15 is 0 Å². The van der Waals surface area contributed by atoms with Crippen molar-refractivity contribution in [3.05, 3.63) is 53.6 Å². The van der Waals surface area contributed by atoms with Crippen molar-refractivity contribution >= 4 is 38.5 Å². The number of pyridine rings is 2. The maximum absolute atomic E-state index is 13.4. The van der Waals surface area contributed by atoms with E-state index in [1.807, 2.05) is 11.8 Å². The summed E-state index contributed by atoms with van der Waals surface area (Å²) in [6, 6.07) is 4.93. The third-order valence-electron chi connectivity index (χ3n) is 6.94. The zero-order chi connectivity index (χ0) is 27.4. The Kier molecular flexibility index (Phi) is 6.31. The Morgan fingerprint density at radius 1 is 1.13 bits per heavy atom. The zero-order valence-electron chi connectivity index (χ0n) is 20.8. The van der Waals surface area contributed by atoms with Gasteiger partial charge < -0.3 is 9.80 Å². The number of nitrogens with zero attached hydrogens (tertiary/aromatic N) is 7. The standard InChI is InChI=1S/C24H24F2N8O3S2/c1-24(4-5-24)31-39(36,37)16-12-17(32-8-10-33(11-9-32)23(35)15-2-6-27-7-3-15)18-13-28-20(34(18)14-16)22-30-29-21(38-22)19(25)26/h2-3,6-7,12-14,19,31H,4-5,8-11H2,1H3. The third-order valence-corrected chi connectivity index (χ3v) is 9.47. The third kappa shape index (κ3) is 4.96. The van der Waals surface area contributed by atoms with Crippen LogP contribution in [-0.4, -0.2) is 75.5 Å². The smallest absolute Gasteiger partial charge is 0.291 e. The molecule has 1 amide bonds. The number of hydrogen-bond acceptors (Lipinski definition) is 9. The Labute approximate surface area is 226 Å². The van der Waals surface area contributed by atoms with Gasteiger partial charge in [0.1, 0.15) is 4.90 Å². The highest BCUT2D eigenvalue weighted by Crippen LogP contribution is 2.37. The van der Waals surface area contributed by atoms with E-state index in [1.54, 1.807) is 46.1 Å². The van der Waals surface area contributed by atoms with Crippen molar-refractivity contribution in [1.29, 1.82) is 0 Å². The van der Waals surface area contributed by atoms with Crippen molar-refractivity contribution < 1.29 is 22.0 Å². The van der Waals surface area contributed by atoms with Crippen molar-refractivity contribution in [2.45, 2.75) is 36.6 Å². The number of aromatic nitrogens is 5. The van der Waals surface area contributed by atoms with Crippen LogP contribution >= 0.6 is 11.3 Å². The van der Waals surface area contributed by atoms with Gasteiger partial charge in [-0.2, -0.15) is 0 Å². The van der Waals surface area contributed by atoms with Gasteiger partial charge in [-0.05, 0) is 38.0 Å². The zero-order valence-corrected chi connectivity index (χ0v) is 22.4. The van der Waals surface area contributed by atoms with Gasteiger partial charge in [0, 0.05) is 55.9 Å². The summed E-state index contributed by atoms with van der Waals surface area (Å²) in [6.45, 7) is 3.61. The summed E-state index contributed by atoms with van der Waals surface area (Å²) in [4.78, 5) is 25.0. The number of rotatable bonds is 7. The lowest BCUT2D eigenvalue weighted by molar-refractivity contribution is 0.0746. The molecule has 1 N–H and O–H groups in total. The van der Waals surface area contributed by atoms with E-state index in [-0.39, 0.29) is 21.6 Å². The van der Waals surface area contributed by atoms with Crippen LogP contribution in [0.4, 0.5) is 14.5 Å². The number of amides is 1. The van der Waals surface area contributed by atoms with Crippen molar-refractivity contribution in [1.82, 2.24) is 34.2 Å². The number of piperazine rings is 1.